The molecule has 0 saturated carbocycles. The van der Waals surface area contributed by atoms with Crippen molar-refractivity contribution < 1.29 is 9.18 Å². The van der Waals surface area contributed by atoms with Gasteiger partial charge < -0.3 is 4.90 Å². The minimum atomic E-state index is -0.195. The fourth-order valence-electron chi connectivity index (χ4n) is 3.82. The van der Waals surface area contributed by atoms with Crippen LogP contribution in [0.3, 0.4) is 0 Å². The molecule has 1 amide bonds. The first-order valence-electron chi connectivity index (χ1n) is 10.4. The molecule has 0 spiro atoms. The fourth-order valence-corrected chi connectivity index (χ4v) is 4.89. The largest absolute Gasteiger partial charge is 0.336 e. The number of piperazine rings is 1. The van der Waals surface area contributed by atoms with Gasteiger partial charge in [-0.15, -0.1) is 16.4 Å². The molecule has 0 atom stereocenters. The van der Waals surface area contributed by atoms with Crippen molar-refractivity contribution in [2.45, 2.75) is 6.54 Å². The van der Waals surface area contributed by atoms with Crippen molar-refractivity contribution in [3.63, 3.8) is 0 Å². The van der Waals surface area contributed by atoms with Gasteiger partial charge in [-0.2, -0.15) is 0 Å². The number of rotatable bonds is 5. The van der Waals surface area contributed by atoms with Crippen LogP contribution < -0.4 is 0 Å². The second kappa shape index (κ2) is 8.97. The second-order valence-corrected chi connectivity index (χ2v) is 8.78. The Morgan fingerprint density at radius 1 is 0.969 bits per heavy atom. The molecule has 3 heterocycles. The lowest BCUT2D eigenvalue weighted by Gasteiger charge is -2.34. The molecule has 7 nitrogen and oxygen atoms in total. The van der Waals surface area contributed by atoms with E-state index in [4.69, 9.17) is 0 Å². The van der Waals surface area contributed by atoms with Crippen LogP contribution in [0.5, 0.6) is 0 Å². The standard InChI is InChI=1S/C23H21FN6OS/c24-21-4-2-1-3-20(21)22-10-9-19(32-22)15-28-11-13-29(14-12-28)23(31)17-5-7-18(8-6-17)30-16-25-26-27-30/h1-10,16H,11-15H2. The van der Waals surface area contributed by atoms with Crippen LogP contribution in [0.1, 0.15) is 15.2 Å². The lowest BCUT2D eigenvalue weighted by atomic mass is 10.1. The van der Waals surface area contributed by atoms with Crippen molar-refractivity contribution in [2.75, 3.05) is 26.2 Å². The number of aromatic nitrogens is 4. The maximum absolute atomic E-state index is 14.0. The third kappa shape index (κ3) is 4.30. The van der Waals surface area contributed by atoms with E-state index in [9.17, 15) is 9.18 Å². The lowest BCUT2D eigenvalue weighted by molar-refractivity contribution is 0.0629. The van der Waals surface area contributed by atoms with Gasteiger partial charge in [-0.3, -0.25) is 9.69 Å². The number of benzene rings is 2. The van der Waals surface area contributed by atoms with Crippen LogP contribution in [-0.4, -0.2) is 62.1 Å². The molecule has 32 heavy (non-hydrogen) atoms. The summed E-state index contributed by atoms with van der Waals surface area (Å²) < 4.78 is 15.6. The SMILES string of the molecule is O=C(c1ccc(-n2cnnn2)cc1)N1CCN(Cc2ccc(-c3ccccc3F)s2)CC1. The summed E-state index contributed by atoms with van der Waals surface area (Å²) in [4.78, 5) is 19.2. The molecule has 0 unspecified atom stereocenters. The molecule has 0 N–H and O–H groups in total. The minimum absolute atomic E-state index is 0.0332. The highest BCUT2D eigenvalue weighted by molar-refractivity contribution is 7.15. The van der Waals surface area contributed by atoms with Crippen LogP contribution in [0.2, 0.25) is 0 Å². The van der Waals surface area contributed by atoms with Crippen LogP contribution in [0.15, 0.2) is 67.0 Å². The van der Waals surface area contributed by atoms with Crippen LogP contribution in [0.25, 0.3) is 16.1 Å². The first-order chi connectivity index (χ1) is 15.7. The number of hydrogen-bond acceptors (Lipinski definition) is 6. The van der Waals surface area contributed by atoms with Gasteiger partial charge in [0.15, 0.2) is 0 Å². The van der Waals surface area contributed by atoms with E-state index in [0.29, 0.717) is 24.2 Å². The maximum Gasteiger partial charge on any atom is 0.253 e. The summed E-state index contributed by atoms with van der Waals surface area (Å²) >= 11 is 1.62. The van der Waals surface area contributed by atoms with Gasteiger partial charge in [0.05, 0.1) is 5.69 Å². The monoisotopic (exact) mass is 448 g/mol. The number of carbonyl (C=O) groups excluding carboxylic acids is 1. The summed E-state index contributed by atoms with van der Waals surface area (Å²) in [7, 11) is 0. The van der Waals surface area contributed by atoms with E-state index in [0.717, 1.165) is 30.2 Å². The average molecular weight is 449 g/mol. The second-order valence-electron chi connectivity index (χ2n) is 7.62. The minimum Gasteiger partial charge on any atom is -0.336 e. The van der Waals surface area contributed by atoms with Gasteiger partial charge in [-0.05, 0) is 52.9 Å². The van der Waals surface area contributed by atoms with Gasteiger partial charge in [-0.25, -0.2) is 9.07 Å². The van der Waals surface area contributed by atoms with E-state index >= 15 is 0 Å². The summed E-state index contributed by atoms with van der Waals surface area (Å²) in [5.74, 6) is -0.162. The van der Waals surface area contributed by atoms with E-state index < -0.39 is 0 Å². The third-order valence-electron chi connectivity index (χ3n) is 5.57. The molecule has 1 aliphatic heterocycles. The molecule has 0 bridgehead atoms. The molecular weight excluding hydrogens is 427 g/mol. The molecule has 5 rings (SSSR count). The van der Waals surface area contributed by atoms with Gasteiger partial charge in [0.1, 0.15) is 12.1 Å². The van der Waals surface area contributed by atoms with Gasteiger partial charge >= 0.3 is 0 Å². The lowest BCUT2D eigenvalue weighted by Crippen LogP contribution is -2.48. The van der Waals surface area contributed by atoms with Crippen LogP contribution in [-0.2, 0) is 6.54 Å². The summed E-state index contributed by atoms with van der Waals surface area (Å²) in [5.41, 5.74) is 2.11. The van der Waals surface area contributed by atoms with Gasteiger partial charge in [0, 0.05) is 53.6 Å². The van der Waals surface area contributed by atoms with E-state index in [1.165, 1.54) is 17.3 Å². The Kier molecular flexibility index (Phi) is 5.74. The molecular formula is C23H21FN6OS. The van der Waals surface area contributed by atoms with Crippen molar-refractivity contribution >= 4 is 17.2 Å². The van der Waals surface area contributed by atoms with Crippen molar-refractivity contribution in [1.29, 1.82) is 0 Å². The molecule has 162 valence electrons. The predicted octanol–water partition coefficient (Wildman–Crippen LogP) is 3.49. The zero-order chi connectivity index (χ0) is 21.9. The molecule has 0 aliphatic carbocycles. The topological polar surface area (TPSA) is 67.2 Å². The summed E-state index contributed by atoms with van der Waals surface area (Å²) in [6.07, 6.45) is 1.52. The van der Waals surface area contributed by atoms with E-state index in [-0.39, 0.29) is 11.7 Å². The Balaban J connectivity index is 1.17. The zero-order valence-electron chi connectivity index (χ0n) is 17.3. The predicted molar refractivity (Wildman–Crippen MR) is 120 cm³/mol. The molecule has 9 heteroatoms. The van der Waals surface area contributed by atoms with Crippen LogP contribution >= 0.6 is 11.3 Å². The van der Waals surface area contributed by atoms with Gasteiger partial charge in [0.2, 0.25) is 0 Å². The normalized spacial score (nSPS) is 14.6. The molecule has 0 radical (unpaired) electrons. The Hall–Kier alpha value is -3.43. The van der Waals surface area contributed by atoms with Crippen molar-refractivity contribution in [2.24, 2.45) is 0 Å². The summed E-state index contributed by atoms with van der Waals surface area (Å²) in [5, 5.41) is 11.1. The first kappa shape index (κ1) is 20.5. The van der Waals surface area contributed by atoms with E-state index in [2.05, 4.69) is 26.5 Å². The number of halogens is 1. The number of carbonyl (C=O) groups is 1. The summed E-state index contributed by atoms with van der Waals surface area (Å²) in [6.45, 7) is 3.78. The fraction of sp³-hybridized carbons (Fsp3) is 0.217. The molecule has 1 fully saturated rings. The van der Waals surface area contributed by atoms with Gasteiger partial charge in [-0.1, -0.05) is 18.2 Å². The number of thiophene rings is 1. The summed E-state index contributed by atoms with van der Waals surface area (Å²) in [6, 6.07) is 18.2. The van der Waals surface area contributed by atoms with Crippen molar-refractivity contribution in [3.05, 3.63) is 83.2 Å². The highest BCUT2D eigenvalue weighted by atomic mass is 32.1. The van der Waals surface area contributed by atoms with E-state index in [1.54, 1.807) is 22.1 Å². The first-order valence-corrected chi connectivity index (χ1v) is 11.2. The van der Waals surface area contributed by atoms with E-state index in [1.807, 2.05) is 47.4 Å². The Bertz CT molecular complexity index is 1200. The number of nitrogens with zero attached hydrogens (tertiary/aromatic N) is 6. The number of hydrogen-bond donors (Lipinski definition) is 0. The molecule has 2 aromatic carbocycles. The number of tetrazole rings is 1. The Morgan fingerprint density at radius 3 is 2.47 bits per heavy atom. The van der Waals surface area contributed by atoms with Crippen LogP contribution in [0, 0.1) is 5.82 Å². The highest BCUT2D eigenvalue weighted by Gasteiger charge is 2.22. The van der Waals surface area contributed by atoms with Gasteiger partial charge in [0.25, 0.3) is 5.91 Å². The quantitative estimate of drug-likeness (QED) is 0.468. The molecule has 4 aromatic rings. The Labute approximate surface area is 188 Å². The smallest absolute Gasteiger partial charge is 0.253 e. The molecule has 2 aromatic heterocycles. The number of amides is 1. The maximum atomic E-state index is 14.0. The Morgan fingerprint density at radius 2 is 1.75 bits per heavy atom. The van der Waals surface area contributed by atoms with Crippen molar-refractivity contribution in [3.8, 4) is 16.1 Å². The van der Waals surface area contributed by atoms with Crippen molar-refractivity contribution in [1.82, 2.24) is 30.0 Å². The van der Waals surface area contributed by atoms with Crippen LogP contribution in [0.4, 0.5) is 4.39 Å². The molecule has 1 aliphatic rings. The third-order valence-corrected chi connectivity index (χ3v) is 6.67. The average Bonchev–Trinajstić information content (AvgIpc) is 3.52. The highest BCUT2D eigenvalue weighted by Crippen LogP contribution is 2.30. The molecule has 1 saturated heterocycles. The zero-order valence-corrected chi connectivity index (χ0v) is 18.1.